The molecule has 0 spiro atoms. The molecule has 0 bridgehead atoms. The number of anilines is 1. The van der Waals surface area contributed by atoms with Crippen molar-refractivity contribution < 1.29 is 0 Å². The van der Waals surface area contributed by atoms with E-state index in [2.05, 4.69) is 20.8 Å². The number of rotatable bonds is 4. The largest absolute Gasteiger partial charge is 0.378 e. The van der Waals surface area contributed by atoms with Gasteiger partial charge in [0.1, 0.15) is 0 Å². The van der Waals surface area contributed by atoms with Crippen molar-refractivity contribution in [3.05, 3.63) is 57.8 Å². The Bertz CT molecular complexity index is 706. The summed E-state index contributed by atoms with van der Waals surface area (Å²) in [7, 11) is 0. The third kappa shape index (κ3) is 2.84. The fourth-order valence-electron chi connectivity index (χ4n) is 1.94. The first kappa shape index (κ1) is 13.1. The molecule has 0 aliphatic heterocycles. The average Bonchev–Trinajstić information content (AvgIpc) is 3.08. The van der Waals surface area contributed by atoms with Gasteiger partial charge in [-0.15, -0.1) is 11.3 Å². The zero-order valence-electron chi connectivity index (χ0n) is 10.9. The van der Waals surface area contributed by atoms with Gasteiger partial charge in [0.2, 0.25) is 0 Å². The van der Waals surface area contributed by atoms with Gasteiger partial charge in [-0.1, -0.05) is 11.6 Å². The highest BCUT2D eigenvalue weighted by Crippen LogP contribution is 2.24. The van der Waals surface area contributed by atoms with Gasteiger partial charge in [-0.3, -0.25) is 0 Å². The van der Waals surface area contributed by atoms with Crippen molar-refractivity contribution in [2.24, 2.45) is 0 Å². The molecule has 3 aromatic rings. The zero-order chi connectivity index (χ0) is 13.9. The van der Waals surface area contributed by atoms with E-state index < -0.39 is 0 Å². The predicted octanol–water partition coefficient (Wildman–Crippen LogP) is 3.90. The van der Waals surface area contributed by atoms with Crippen molar-refractivity contribution in [3.8, 4) is 5.69 Å². The minimum atomic E-state index is 0.666. The summed E-state index contributed by atoms with van der Waals surface area (Å²) in [5, 5.41) is 11.4. The molecule has 3 rings (SSSR count). The van der Waals surface area contributed by atoms with E-state index in [0.717, 1.165) is 22.1 Å². The molecule has 0 unspecified atom stereocenters. The lowest BCUT2D eigenvalue weighted by Crippen LogP contribution is -2.05. The zero-order valence-corrected chi connectivity index (χ0v) is 12.4. The Balaban J connectivity index is 1.86. The molecular formula is C14H13ClN4S. The quantitative estimate of drug-likeness (QED) is 0.795. The summed E-state index contributed by atoms with van der Waals surface area (Å²) in [4.78, 5) is 4.44. The summed E-state index contributed by atoms with van der Waals surface area (Å²) in [6.45, 7) is 2.67. The predicted molar refractivity (Wildman–Crippen MR) is 82.8 cm³/mol. The van der Waals surface area contributed by atoms with E-state index in [1.165, 1.54) is 0 Å². The van der Waals surface area contributed by atoms with Gasteiger partial charge < -0.3 is 5.32 Å². The summed E-state index contributed by atoms with van der Waals surface area (Å²) in [5.41, 5.74) is 2.93. The van der Waals surface area contributed by atoms with Gasteiger partial charge in [0, 0.05) is 22.8 Å². The first-order valence-corrected chi connectivity index (χ1v) is 7.42. The van der Waals surface area contributed by atoms with Crippen LogP contribution in [0.2, 0.25) is 5.02 Å². The van der Waals surface area contributed by atoms with Crippen LogP contribution in [-0.4, -0.2) is 14.8 Å². The third-order valence-electron chi connectivity index (χ3n) is 2.84. The van der Waals surface area contributed by atoms with Crippen molar-refractivity contribution in [2.75, 3.05) is 5.32 Å². The highest BCUT2D eigenvalue weighted by Gasteiger charge is 2.07. The van der Waals surface area contributed by atoms with Crippen molar-refractivity contribution in [2.45, 2.75) is 13.5 Å². The van der Waals surface area contributed by atoms with Gasteiger partial charge in [-0.2, -0.15) is 5.10 Å². The van der Waals surface area contributed by atoms with E-state index in [9.17, 15) is 0 Å². The number of nitrogens with one attached hydrogen (secondary N) is 1. The Hall–Kier alpha value is -1.85. The van der Waals surface area contributed by atoms with Crippen LogP contribution in [0.3, 0.4) is 0 Å². The lowest BCUT2D eigenvalue weighted by Gasteiger charge is -2.11. The molecule has 0 aliphatic carbocycles. The van der Waals surface area contributed by atoms with E-state index in [4.69, 9.17) is 11.6 Å². The van der Waals surface area contributed by atoms with Crippen molar-refractivity contribution in [1.82, 2.24) is 14.8 Å². The van der Waals surface area contributed by atoms with Crippen molar-refractivity contribution >= 4 is 28.6 Å². The summed E-state index contributed by atoms with van der Waals surface area (Å²) in [6, 6.07) is 7.60. The Kier molecular flexibility index (Phi) is 3.71. The first-order valence-electron chi connectivity index (χ1n) is 6.17. The maximum absolute atomic E-state index is 6.08. The SMILES string of the molecule is Cc1nc(CNc2cc(Cl)ccc2-n2cccn2)cs1. The van der Waals surface area contributed by atoms with Gasteiger partial charge in [0.15, 0.2) is 0 Å². The standard InChI is InChI=1S/C14H13ClN4S/c1-10-18-12(9-20-10)8-16-13-7-11(15)3-4-14(13)19-6-2-5-17-19/h2-7,9,16H,8H2,1H3. The molecule has 102 valence electrons. The number of aromatic nitrogens is 3. The van der Waals surface area contributed by atoms with Crippen LogP contribution in [0.5, 0.6) is 0 Å². The molecule has 6 heteroatoms. The average molecular weight is 305 g/mol. The summed E-state index contributed by atoms with van der Waals surface area (Å²) in [5.74, 6) is 0. The number of halogens is 1. The van der Waals surface area contributed by atoms with Crippen LogP contribution in [0.25, 0.3) is 5.69 Å². The van der Waals surface area contributed by atoms with Gasteiger partial charge in [-0.25, -0.2) is 9.67 Å². The molecule has 0 radical (unpaired) electrons. The molecule has 1 aromatic carbocycles. The molecule has 0 saturated carbocycles. The Morgan fingerprint density at radius 3 is 3.00 bits per heavy atom. The number of hydrogen-bond acceptors (Lipinski definition) is 4. The molecule has 0 amide bonds. The number of benzene rings is 1. The summed E-state index contributed by atoms with van der Waals surface area (Å²) in [6.07, 6.45) is 3.66. The summed E-state index contributed by atoms with van der Waals surface area (Å²) >= 11 is 7.73. The number of hydrogen-bond donors (Lipinski definition) is 1. The molecule has 4 nitrogen and oxygen atoms in total. The lowest BCUT2D eigenvalue weighted by atomic mass is 10.2. The number of nitrogens with zero attached hydrogens (tertiary/aromatic N) is 3. The minimum absolute atomic E-state index is 0.666. The van der Waals surface area contributed by atoms with Crippen LogP contribution in [0, 0.1) is 6.92 Å². The lowest BCUT2D eigenvalue weighted by molar-refractivity contribution is 0.878. The summed E-state index contributed by atoms with van der Waals surface area (Å²) < 4.78 is 1.81. The molecule has 20 heavy (non-hydrogen) atoms. The van der Waals surface area contributed by atoms with Gasteiger partial charge in [0.25, 0.3) is 0 Å². The fraction of sp³-hybridized carbons (Fsp3) is 0.143. The normalized spacial score (nSPS) is 10.7. The first-order chi connectivity index (χ1) is 9.72. The third-order valence-corrected chi connectivity index (χ3v) is 3.89. The Morgan fingerprint density at radius 2 is 2.30 bits per heavy atom. The maximum atomic E-state index is 6.08. The van der Waals surface area contributed by atoms with Crippen LogP contribution < -0.4 is 5.32 Å². The maximum Gasteiger partial charge on any atom is 0.0898 e. The van der Waals surface area contributed by atoms with Crippen LogP contribution in [0.1, 0.15) is 10.7 Å². The smallest absolute Gasteiger partial charge is 0.0898 e. The second-order valence-electron chi connectivity index (χ2n) is 4.32. The number of thiazole rings is 1. The van der Waals surface area contributed by atoms with Crippen LogP contribution in [0.4, 0.5) is 5.69 Å². The number of aryl methyl sites for hydroxylation is 1. The molecule has 1 N–H and O–H groups in total. The topological polar surface area (TPSA) is 42.7 Å². The van der Waals surface area contributed by atoms with Crippen LogP contribution in [-0.2, 0) is 6.54 Å². The molecule has 0 fully saturated rings. The van der Waals surface area contributed by atoms with Crippen LogP contribution >= 0.6 is 22.9 Å². The van der Waals surface area contributed by atoms with E-state index in [0.29, 0.717) is 11.6 Å². The highest BCUT2D eigenvalue weighted by molar-refractivity contribution is 7.09. The fourth-order valence-corrected chi connectivity index (χ4v) is 2.72. The molecule has 2 aromatic heterocycles. The van der Waals surface area contributed by atoms with Gasteiger partial charge in [0.05, 0.1) is 28.6 Å². The second-order valence-corrected chi connectivity index (χ2v) is 5.82. The van der Waals surface area contributed by atoms with E-state index in [-0.39, 0.29) is 0 Å². The molecule has 0 saturated heterocycles. The van der Waals surface area contributed by atoms with Crippen molar-refractivity contribution in [1.29, 1.82) is 0 Å². The second kappa shape index (κ2) is 5.64. The van der Waals surface area contributed by atoms with Gasteiger partial charge in [-0.05, 0) is 31.2 Å². The van der Waals surface area contributed by atoms with E-state index in [1.807, 2.05) is 42.1 Å². The van der Waals surface area contributed by atoms with E-state index in [1.54, 1.807) is 17.5 Å². The van der Waals surface area contributed by atoms with E-state index >= 15 is 0 Å². The van der Waals surface area contributed by atoms with Crippen LogP contribution in [0.15, 0.2) is 42.0 Å². The Labute approximate surface area is 126 Å². The monoisotopic (exact) mass is 304 g/mol. The van der Waals surface area contributed by atoms with Gasteiger partial charge >= 0.3 is 0 Å². The highest BCUT2D eigenvalue weighted by atomic mass is 35.5. The van der Waals surface area contributed by atoms with Crippen molar-refractivity contribution in [3.63, 3.8) is 0 Å². The molecule has 0 atom stereocenters. The molecule has 2 heterocycles. The Morgan fingerprint density at radius 1 is 1.40 bits per heavy atom. The molecule has 0 aliphatic rings. The molecular weight excluding hydrogens is 292 g/mol. The minimum Gasteiger partial charge on any atom is -0.378 e.